The van der Waals surface area contributed by atoms with Crippen LogP contribution in [0.25, 0.3) is 0 Å². The van der Waals surface area contributed by atoms with Crippen LogP contribution in [0.2, 0.25) is 0 Å². The third-order valence-electron chi connectivity index (χ3n) is 3.17. The molecule has 2 fully saturated rings. The van der Waals surface area contributed by atoms with Gasteiger partial charge in [-0.15, -0.1) is 0 Å². The van der Waals surface area contributed by atoms with E-state index in [1.54, 1.807) is 0 Å². The van der Waals surface area contributed by atoms with Crippen LogP contribution in [0.4, 0.5) is 0 Å². The predicted molar refractivity (Wildman–Crippen MR) is 52.2 cm³/mol. The van der Waals surface area contributed by atoms with Gasteiger partial charge < -0.3 is 5.11 Å². The predicted octanol–water partition coefficient (Wildman–Crippen LogP) is 0.844. The number of piperidine rings is 2. The lowest BCUT2D eigenvalue weighted by atomic mass is 10.1. The number of hydrogen-bond acceptors (Lipinski definition) is 3. The zero-order chi connectivity index (χ0) is 9.10. The van der Waals surface area contributed by atoms with E-state index in [0.717, 1.165) is 25.9 Å². The minimum absolute atomic E-state index is 0.0407. The van der Waals surface area contributed by atoms with E-state index in [-0.39, 0.29) is 6.10 Å². The quantitative estimate of drug-likeness (QED) is 0.654. The molecule has 2 saturated heterocycles. The Labute approximate surface area is 80.3 Å². The maximum absolute atomic E-state index is 9.38. The summed E-state index contributed by atoms with van der Waals surface area (Å²) < 4.78 is 0. The molecule has 1 N–H and O–H groups in total. The van der Waals surface area contributed by atoms with E-state index in [4.69, 9.17) is 0 Å². The van der Waals surface area contributed by atoms with Gasteiger partial charge in [0.2, 0.25) is 0 Å². The third kappa shape index (κ3) is 2.42. The highest BCUT2D eigenvalue weighted by atomic mass is 16.3. The first-order chi connectivity index (χ1) is 6.36. The zero-order valence-electron chi connectivity index (χ0n) is 8.28. The average Bonchev–Trinajstić information content (AvgIpc) is 2.20. The summed E-state index contributed by atoms with van der Waals surface area (Å²) >= 11 is 0. The van der Waals surface area contributed by atoms with Crippen molar-refractivity contribution in [1.29, 1.82) is 0 Å². The van der Waals surface area contributed by atoms with Gasteiger partial charge in [0, 0.05) is 26.2 Å². The Morgan fingerprint density at radius 1 is 0.769 bits per heavy atom. The summed E-state index contributed by atoms with van der Waals surface area (Å²) in [7, 11) is 0. The molecule has 2 rings (SSSR count). The molecule has 0 radical (unpaired) electrons. The second-order valence-corrected chi connectivity index (χ2v) is 4.20. The van der Waals surface area contributed by atoms with Crippen LogP contribution in [0.15, 0.2) is 0 Å². The first-order valence-electron chi connectivity index (χ1n) is 5.54. The van der Waals surface area contributed by atoms with Gasteiger partial charge in [-0.05, 0) is 25.7 Å². The van der Waals surface area contributed by atoms with Gasteiger partial charge >= 0.3 is 0 Å². The van der Waals surface area contributed by atoms with Gasteiger partial charge in [-0.2, -0.15) is 0 Å². The minimum Gasteiger partial charge on any atom is -0.393 e. The fourth-order valence-corrected chi connectivity index (χ4v) is 2.30. The molecule has 0 saturated carbocycles. The molecule has 3 nitrogen and oxygen atoms in total. The Bertz CT molecular complexity index is 149. The molecule has 0 bridgehead atoms. The van der Waals surface area contributed by atoms with Gasteiger partial charge in [-0.3, -0.25) is 0 Å². The van der Waals surface area contributed by atoms with Crippen molar-refractivity contribution in [2.24, 2.45) is 0 Å². The lowest BCUT2D eigenvalue weighted by Crippen LogP contribution is -2.49. The highest BCUT2D eigenvalue weighted by molar-refractivity contribution is 4.72. The van der Waals surface area contributed by atoms with Gasteiger partial charge in [-0.25, -0.2) is 10.0 Å². The van der Waals surface area contributed by atoms with Crippen molar-refractivity contribution in [2.75, 3.05) is 26.2 Å². The number of aliphatic hydroxyl groups excluding tert-OH is 1. The van der Waals surface area contributed by atoms with Crippen molar-refractivity contribution in [3.05, 3.63) is 0 Å². The number of hydrazine groups is 1. The van der Waals surface area contributed by atoms with E-state index in [1.165, 1.54) is 32.4 Å². The second-order valence-electron chi connectivity index (χ2n) is 4.20. The molecule has 2 aliphatic rings. The largest absolute Gasteiger partial charge is 0.393 e. The molecule has 2 aliphatic heterocycles. The molecular weight excluding hydrogens is 164 g/mol. The van der Waals surface area contributed by atoms with Crippen LogP contribution in [-0.2, 0) is 0 Å². The van der Waals surface area contributed by atoms with Crippen LogP contribution >= 0.6 is 0 Å². The van der Waals surface area contributed by atoms with Crippen molar-refractivity contribution in [3.8, 4) is 0 Å². The van der Waals surface area contributed by atoms with E-state index >= 15 is 0 Å². The van der Waals surface area contributed by atoms with Crippen LogP contribution in [0.5, 0.6) is 0 Å². The van der Waals surface area contributed by atoms with Crippen LogP contribution in [0.1, 0.15) is 32.1 Å². The number of rotatable bonds is 1. The molecule has 0 aliphatic carbocycles. The van der Waals surface area contributed by atoms with E-state index in [9.17, 15) is 5.11 Å². The molecule has 0 spiro atoms. The molecule has 3 heteroatoms. The smallest absolute Gasteiger partial charge is 0.0565 e. The Kier molecular flexibility index (Phi) is 3.19. The first-order valence-corrected chi connectivity index (χ1v) is 5.54. The zero-order valence-corrected chi connectivity index (χ0v) is 8.28. The average molecular weight is 184 g/mol. The highest BCUT2D eigenvalue weighted by Gasteiger charge is 2.22. The Hall–Kier alpha value is -0.120. The van der Waals surface area contributed by atoms with E-state index in [1.807, 2.05) is 0 Å². The molecule has 0 aromatic carbocycles. The van der Waals surface area contributed by atoms with Crippen LogP contribution in [-0.4, -0.2) is 47.4 Å². The van der Waals surface area contributed by atoms with Gasteiger partial charge in [0.15, 0.2) is 0 Å². The SMILES string of the molecule is OC1CCN(N2CCCCC2)CC1. The lowest BCUT2D eigenvalue weighted by Gasteiger charge is -2.40. The number of aliphatic hydroxyl groups is 1. The van der Waals surface area contributed by atoms with Gasteiger partial charge in [0.1, 0.15) is 0 Å². The van der Waals surface area contributed by atoms with Crippen molar-refractivity contribution in [3.63, 3.8) is 0 Å². The van der Waals surface area contributed by atoms with Crippen molar-refractivity contribution < 1.29 is 5.11 Å². The maximum atomic E-state index is 9.38. The fraction of sp³-hybridized carbons (Fsp3) is 1.00. The summed E-state index contributed by atoms with van der Waals surface area (Å²) in [6, 6.07) is 0. The first kappa shape index (κ1) is 9.44. The van der Waals surface area contributed by atoms with Crippen LogP contribution in [0.3, 0.4) is 0 Å². The fourth-order valence-electron chi connectivity index (χ4n) is 2.30. The molecule has 0 aromatic rings. The molecule has 2 heterocycles. The summed E-state index contributed by atoms with van der Waals surface area (Å²) in [5.74, 6) is 0. The van der Waals surface area contributed by atoms with Crippen molar-refractivity contribution >= 4 is 0 Å². The maximum Gasteiger partial charge on any atom is 0.0565 e. The van der Waals surface area contributed by atoms with E-state index in [2.05, 4.69) is 10.0 Å². The number of hydrogen-bond donors (Lipinski definition) is 1. The molecule has 0 amide bonds. The van der Waals surface area contributed by atoms with E-state index < -0.39 is 0 Å². The van der Waals surface area contributed by atoms with Gasteiger partial charge in [0.05, 0.1) is 6.10 Å². The summed E-state index contributed by atoms with van der Waals surface area (Å²) in [6.07, 6.45) is 5.96. The Morgan fingerprint density at radius 2 is 1.31 bits per heavy atom. The van der Waals surface area contributed by atoms with E-state index in [0.29, 0.717) is 0 Å². The minimum atomic E-state index is -0.0407. The normalized spacial score (nSPS) is 29.3. The summed E-state index contributed by atoms with van der Waals surface area (Å²) in [5.41, 5.74) is 0. The van der Waals surface area contributed by atoms with Gasteiger partial charge in [-0.1, -0.05) is 6.42 Å². The second kappa shape index (κ2) is 4.40. The summed E-state index contributed by atoms with van der Waals surface area (Å²) in [4.78, 5) is 0. The van der Waals surface area contributed by atoms with Crippen LogP contribution < -0.4 is 0 Å². The van der Waals surface area contributed by atoms with Gasteiger partial charge in [0.25, 0.3) is 0 Å². The van der Waals surface area contributed by atoms with Crippen molar-refractivity contribution in [2.45, 2.75) is 38.2 Å². The molecule has 76 valence electrons. The Balaban J connectivity index is 1.79. The molecule has 0 unspecified atom stereocenters. The molecular formula is C10H20N2O. The monoisotopic (exact) mass is 184 g/mol. The lowest BCUT2D eigenvalue weighted by molar-refractivity contribution is -0.0737. The number of nitrogens with zero attached hydrogens (tertiary/aromatic N) is 2. The molecule has 13 heavy (non-hydrogen) atoms. The summed E-state index contributed by atoms with van der Waals surface area (Å²) in [5, 5.41) is 14.3. The standard InChI is InChI=1S/C10H20N2O/c13-10-4-8-12(9-5-10)11-6-2-1-3-7-11/h10,13H,1-9H2. The van der Waals surface area contributed by atoms with Crippen molar-refractivity contribution in [1.82, 2.24) is 10.0 Å². The topological polar surface area (TPSA) is 26.7 Å². The highest BCUT2D eigenvalue weighted by Crippen LogP contribution is 2.16. The molecule has 0 aromatic heterocycles. The summed E-state index contributed by atoms with van der Waals surface area (Å²) in [6.45, 7) is 4.58. The third-order valence-corrected chi connectivity index (χ3v) is 3.17. The Morgan fingerprint density at radius 3 is 1.92 bits per heavy atom. The molecule has 0 atom stereocenters. The van der Waals surface area contributed by atoms with Crippen LogP contribution in [0, 0.1) is 0 Å².